The van der Waals surface area contributed by atoms with E-state index in [1.54, 1.807) is 12.2 Å². The molecule has 1 aliphatic carbocycles. The summed E-state index contributed by atoms with van der Waals surface area (Å²) in [5.41, 5.74) is 1.06. The summed E-state index contributed by atoms with van der Waals surface area (Å²) >= 11 is 2.88. The first kappa shape index (κ1) is 23.9. The maximum absolute atomic E-state index is 12.3. The number of Topliss-reactive ketones (excluding diaryl/α,β-unsaturated/α-hetero) is 1. The molecule has 0 bridgehead atoms. The molecule has 7 heteroatoms. The summed E-state index contributed by atoms with van der Waals surface area (Å²) in [5, 5.41) is 31.5. The Morgan fingerprint density at radius 2 is 1.94 bits per heavy atom. The summed E-state index contributed by atoms with van der Waals surface area (Å²) in [6.07, 6.45) is 3.47. The van der Waals surface area contributed by atoms with Crippen molar-refractivity contribution < 1.29 is 24.9 Å². The van der Waals surface area contributed by atoms with E-state index in [-0.39, 0.29) is 29.1 Å². The fourth-order valence-electron chi connectivity index (χ4n) is 3.86. The zero-order chi connectivity index (χ0) is 22.2. The number of aliphatic carboxylic acids is 1. The molecule has 1 saturated carbocycles. The van der Waals surface area contributed by atoms with E-state index < -0.39 is 18.2 Å². The maximum atomic E-state index is 12.3. The number of carboxylic acids is 1. The molecule has 4 atom stereocenters. The van der Waals surface area contributed by atoms with Crippen molar-refractivity contribution >= 4 is 46.0 Å². The number of carbonyl (C=O) groups excluding carboxylic acids is 1. The highest BCUT2D eigenvalue weighted by Gasteiger charge is 2.40. The molecule has 0 radical (unpaired) electrons. The molecule has 1 fully saturated rings. The Labute approximate surface area is 190 Å². The quantitative estimate of drug-likeness (QED) is 0.349. The zero-order valence-corrected chi connectivity index (χ0v) is 18.9. The Morgan fingerprint density at radius 3 is 2.74 bits per heavy atom. The van der Waals surface area contributed by atoms with E-state index >= 15 is 0 Å². The average molecular weight is 461 g/mol. The van der Waals surface area contributed by atoms with Gasteiger partial charge < -0.3 is 15.3 Å². The minimum atomic E-state index is -0.820. The van der Waals surface area contributed by atoms with Crippen LogP contribution < -0.4 is 0 Å². The third-order valence-corrected chi connectivity index (χ3v) is 7.83. The molecule has 0 spiro atoms. The fraction of sp³-hybridized carbons (Fsp3) is 0.417. The van der Waals surface area contributed by atoms with Crippen LogP contribution in [0.4, 0.5) is 0 Å². The van der Waals surface area contributed by atoms with Crippen LogP contribution in [0.2, 0.25) is 0 Å². The first-order valence-electron chi connectivity index (χ1n) is 10.4. The third-order valence-electron chi connectivity index (χ3n) is 5.34. The summed E-state index contributed by atoms with van der Waals surface area (Å²) < 4.78 is 0. The van der Waals surface area contributed by atoms with Gasteiger partial charge in [-0.15, -0.1) is 11.8 Å². The van der Waals surface area contributed by atoms with Crippen molar-refractivity contribution in [3.05, 3.63) is 60.2 Å². The van der Waals surface area contributed by atoms with Crippen LogP contribution in [0.15, 0.2) is 54.6 Å². The van der Waals surface area contributed by atoms with Gasteiger partial charge in [0.05, 0.1) is 23.2 Å². The number of ketones is 1. The van der Waals surface area contributed by atoms with Crippen molar-refractivity contribution in [2.75, 3.05) is 17.3 Å². The van der Waals surface area contributed by atoms with Gasteiger partial charge in [-0.05, 0) is 34.3 Å². The lowest BCUT2D eigenvalue weighted by Crippen LogP contribution is -2.22. The number of carboxylic acid groups (broad SMARTS) is 1. The number of hydrogen-bond donors (Lipinski definition) is 3. The minimum Gasteiger partial charge on any atom is -0.481 e. The van der Waals surface area contributed by atoms with Crippen LogP contribution in [0.3, 0.4) is 0 Å². The molecule has 1 aliphatic rings. The predicted molar refractivity (Wildman–Crippen MR) is 128 cm³/mol. The molecular weight excluding hydrogens is 432 g/mol. The Balaban J connectivity index is 1.55. The molecule has 5 nitrogen and oxygen atoms in total. The van der Waals surface area contributed by atoms with Crippen molar-refractivity contribution in [3.8, 4) is 0 Å². The Bertz CT molecular complexity index is 924. The molecule has 3 rings (SSSR count). The van der Waals surface area contributed by atoms with Gasteiger partial charge in [-0.2, -0.15) is 11.8 Å². The number of carbonyl (C=O) groups is 2. The molecule has 0 amide bonds. The standard InChI is InChI=1S/C24H28O5S2/c25-18(13-17-7-3-6-16-5-1-2-8-19(16)17)9-10-20-21(26)14-22(27)24(20)31-12-4-11-30-15-23(28)29/h1-3,5-10,18,20-21,24-26H,4,11-15H2,(H,28,29)/b10-9+/t18?,20-,21+,24+/m0/s1. The van der Waals surface area contributed by atoms with Gasteiger partial charge in [-0.25, -0.2) is 0 Å². The summed E-state index contributed by atoms with van der Waals surface area (Å²) in [6, 6.07) is 14.1. The SMILES string of the molecule is O=C(O)CSCCCS[C@H]1C(=O)C[C@@H](O)[C@@H]1/C=C/C(O)Cc1cccc2ccccc12. The van der Waals surface area contributed by atoms with Crippen LogP contribution in [-0.2, 0) is 16.0 Å². The van der Waals surface area contributed by atoms with Gasteiger partial charge in [0, 0.05) is 18.8 Å². The second-order valence-electron chi connectivity index (χ2n) is 7.70. The highest BCUT2D eigenvalue weighted by Crippen LogP contribution is 2.34. The molecule has 0 aliphatic heterocycles. The van der Waals surface area contributed by atoms with Gasteiger partial charge in [0.15, 0.2) is 0 Å². The van der Waals surface area contributed by atoms with Crippen molar-refractivity contribution in [2.45, 2.75) is 36.7 Å². The summed E-state index contributed by atoms with van der Waals surface area (Å²) in [7, 11) is 0. The molecule has 0 aromatic heterocycles. The second kappa shape index (κ2) is 11.7. The number of fused-ring (bicyclic) bond motifs is 1. The van der Waals surface area contributed by atoms with Crippen LogP contribution >= 0.6 is 23.5 Å². The van der Waals surface area contributed by atoms with Gasteiger partial charge >= 0.3 is 5.97 Å². The lowest BCUT2D eigenvalue weighted by atomic mass is 9.98. The Hall–Kier alpha value is -1.80. The van der Waals surface area contributed by atoms with Crippen LogP contribution in [0.1, 0.15) is 18.4 Å². The highest BCUT2D eigenvalue weighted by molar-refractivity contribution is 8.01. The van der Waals surface area contributed by atoms with Gasteiger partial charge in [0.2, 0.25) is 0 Å². The molecule has 0 heterocycles. The smallest absolute Gasteiger partial charge is 0.313 e. The number of aliphatic hydroxyl groups excluding tert-OH is 2. The molecule has 31 heavy (non-hydrogen) atoms. The number of hydrogen-bond acceptors (Lipinski definition) is 6. The third kappa shape index (κ3) is 6.84. The Morgan fingerprint density at radius 1 is 1.16 bits per heavy atom. The van der Waals surface area contributed by atoms with Crippen LogP contribution in [-0.4, -0.2) is 61.8 Å². The zero-order valence-electron chi connectivity index (χ0n) is 17.2. The molecule has 0 saturated heterocycles. The highest BCUT2D eigenvalue weighted by atomic mass is 32.2. The average Bonchev–Trinajstić information content (AvgIpc) is 3.01. The summed E-state index contributed by atoms with van der Waals surface area (Å²) in [4.78, 5) is 22.9. The molecular formula is C24H28O5S2. The Kier molecular flexibility index (Phi) is 9.02. The molecule has 2 aromatic rings. The van der Waals surface area contributed by atoms with E-state index in [1.165, 1.54) is 23.5 Å². The van der Waals surface area contributed by atoms with E-state index in [0.717, 1.165) is 34.3 Å². The summed E-state index contributed by atoms with van der Waals surface area (Å²) in [5.74, 6) is 0.455. The molecule has 2 aromatic carbocycles. The van der Waals surface area contributed by atoms with E-state index in [2.05, 4.69) is 0 Å². The number of benzene rings is 2. The van der Waals surface area contributed by atoms with E-state index in [9.17, 15) is 19.8 Å². The predicted octanol–water partition coefficient (Wildman–Crippen LogP) is 3.56. The maximum Gasteiger partial charge on any atom is 0.313 e. The molecule has 3 N–H and O–H groups in total. The van der Waals surface area contributed by atoms with Gasteiger partial charge in [0.25, 0.3) is 0 Å². The monoisotopic (exact) mass is 460 g/mol. The van der Waals surface area contributed by atoms with Crippen LogP contribution in [0.5, 0.6) is 0 Å². The lowest BCUT2D eigenvalue weighted by molar-refractivity contribution is -0.133. The number of rotatable bonds is 11. The fourth-order valence-corrected chi connectivity index (χ4v) is 6.05. The first-order valence-corrected chi connectivity index (χ1v) is 12.6. The first-order chi connectivity index (χ1) is 15.0. The largest absolute Gasteiger partial charge is 0.481 e. The molecule has 1 unspecified atom stereocenters. The van der Waals surface area contributed by atoms with Crippen molar-refractivity contribution in [2.24, 2.45) is 5.92 Å². The van der Waals surface area contributed by atoms with E-state index in [1.807, 2.05) is 42.5 Å². The van der Waals surface area contributed by atoms with Gasteiger partial charge in [0.1, 0.15) is 5.78 Å². The van der Waals surface area contributed by atoms with Crippen molar-refractivity contribution in [1.29, 1.82) is 0 Å². The molecule has 166 valence electrons. The number of thioether (sulfide) groups is 2. The van der Waals surface area contributed by atoms with Crippen molar-refractivity contribution in [1.82, 2.24) is 0 Å². The number of aliphatic hydroxyl groups is 2. The summed E-state index contributed by atoms with van der Waals surface area (Å²) in [6.45, 7) is 0. The minimum absolute atomic E-state index is 0.0360. The van der Waals surface area contributed by atoms with Gasteiger partial charge in [-0.1, -0.05) is 54.6 Å². The van der Waals surface area contributed by atoms with E-state index in [4.69, 9.17) is 5.11 Å². The van der Waals surface area contributed by atoms with Crippen molar-refractivity contribution in [3.63, 3.8) is 0 Å². The van der Waals surface area contributed by atoms with Crippen LogP contribution in [0.25, 0.3) is 10.8 Å². The lowest BCUT2D eigenvalue weighted by Gasteiger charge is -2.18. The normalized spacial score (nSPS) is 22.4. The van der Waals surface area contributed by atoms with Crippen LogP contribution in [0, 0.1) is 5.92 Å². The van der Waals surface area contributed by atoms with Gasteiger partial charge in [-0.3, -0.25) is 9.59 Å². The van der Waals surface area contributed by atoms with E-state index in [0.29, 0.717) is 6.42 Å². The second-order valence-corrected chi connectivity index (χ2v) is 10.1. The topological polar surface area (TPSA) is 94.8 Å².